The molecular formula is C12H18N2O2. The molecule has 1 unspecified atom stereocenters. The maximum absolute atomic E-state index is 5.34. The molecule has 0 saturated carbocycles. The third-order valence-corrected chi connectivity index (χ3v) is 2.86. The lowest BCUT2D eigenvalue weighted by Gasteiger charge is -2.11. The monoisotopic (exact) mass is 222 g/mol. The summed E-state index contributed by atoms with van der Waals surface area (Å²) in [6.45, 7) is 2.74. The number of aromatic nitrogens is 1. The van der Waals surface area contributed by atoms with E-state index in [0.29, 0.717) is 5.92 Å². The minimum absolute atomic E-state index is 0.696. The summed E-state index contributed by atoms with van der Waals surface area (Å²) in [5, 5.41) is 3.30. The fraction of sp³-hybridized carbons (Fsp3) is 0.583. The highest BCUT2D eigenvalue weighted by Crippen LogP contribution is 2.21. The SMILES string of the molecule is COc1cccnc1NCCC1CCOC1. The quantitative estimate of drug-likeness (QED) is 0.826. The molecule has 88 valence electrons. The van der Waals surface area contributed by atoms with Crippen LogP contribution in [0.5, 0.6) is 5.75 Å². The second-order valence-electron chi connectivity index (χ2n) is 4.00. The first-order chi connectivity index (χ1) is 7.90. The van der Waals surface area contributed by atoms with Gasteiger partial charge in [0.05, 0.1) is 7.11 Å². The summed E-state index contributed by atoms with van der Waals surface area (Å²) in [4.78, 5) is 4.25. The first-order valence-corrected chi connectivity index (χ1v) is 5.71. The molecule has 1 fully saturated rings. The minimum atomic E-state index is 0.696. The van der Waals surface area contributed by atoms with Crippen LogP contribution >= 0.6 is 0 Å². The summed E-state index contributed by atoms with van der Waals surface area (Å²) in [5.74, 6) is 2.32. The predicted octanol–water partition coefficient (Wildman–Crippen LogP) is 1.93. The summed E-state index contributed by atoms with van der Waals surface area (Å²) >= 11 is 0. The zero-order valence-corrected chi connectivity index (χ0v) is 9.61. The highest BCUT2D eigenvalue weighted by molar-refractivity contribution is 5.49. The van der Waals surface area contributed by atoms with E-state index in [4.69, 9.17) is 9.47 Å². The molecule has 1 aromatic rings. The highest BCUT2D eigenvalue weighted by Gasteiger charge is 2.15. The first-order valence-electron chi connectivity index (χ1n) is 5.71. The molecule has 4 nitrogen and oxygen atoms in total. The van der Waals surface area contributed by atoms with Gasteiger partial charge in [-0.05, 0) is 30.9 Å². The number of nitrogens with zero attached hydrogens (tertiary/aromatic N) is 1. The lowest BCUT2D eigenvalue weighted by molar-refractivity contribution is 0.185. The van der Waals surface area contributed by atoms with Gasteiger partial charge in [0.1, 0.15) is 0 Å². The van der Waals surface area contributed by atoms with Gasteiger partial charge in [0, 0.05) is 26.0 Å². The van der Waals surface area contributed by atoms with Crippen molar-refractivity contribution in [2.45, 2.75) is 12.8 Å². The second-order valence-corrected chi connectivity index (χ2v) is 4.00. The van der Waals surface area contributed by atoms with Crippen LogP contribution in [0, 0.1) is 5.92 Å². The first kappa shape index (κ1) is 11.2. The average molecular weight is 222 g/mol. The van der Waals surface area contributed by atoms with Gasteiger partial charge >= 0.3 is 0 Å². The molecule has 0 aromatic carbocycles. The van der Waals surface area contributed by atoms with E-state index in [1.807, 2.05) is 12.1 Å². The van der Waals surface area contributed by atoms with E-state index in [1.54, 1.807) is 13.3 Å². The van der Waals surface area contributed by atoms with Crippen LogP contribution in [-0.4, -0.2) is 31.9 Å². The third kappa shape index (κ3) is 2.85. The maximum atomic E-state index is 5.34. The van der Waals surface area contributed by atoms with Crippen molar-refractivity contribution in [1.29, 1.82) is 0 Å². The Labute approximate surface area is 96.0 Å². The Morgan fingerprint density at radius 3 is 3.31 bits per heavy atom. The topological polar surface area (TPSA) is 43.4 Å². The van der Waals surface area contributed by atoms with Gasteiger partial charge in [-0.2, -0.15) is 0 Å². The molecule has 0 radical (unpaired) electrons. The van der Waals surface area contributed by atoms with Crippen molar-refractivity contribution in [3.63, 3.8) is 0 Å². The van der Waals surface area contributed by atoms with Gasteiger partial charge in [0.15, 0.2) is 11.6 Å². The standard InChI is InChI=1S/C12H18N2O2/c1-15-11-3-2-6-13-12(11)14-7-4-10-5-8-16-9-10/h2-3,6,10H,4-5,7-9H2,1H3,(H,13,14). The number of hydrogen-bond donors (Lipinski definition) is 1. The molecule has 4 heteroatoms. The Kier molecular flexibility index (Phi) is 3.99. The molecule has 1 atom stereocenters. The molecule has 1 aliphatic heterocycles. The van der Waals surface area contributed by atoms with Crippen molar-refractivity contribution in [2.75, 3.05) is 32.2 Å². The Balaban J connectivity index is 1.79. The largest absolute Gasteiger partial charge is 0.493 e. The number of methoxy groups -OCH3 is 1. The maximum Gasteiger partial charge on any atom is 0.168 e. The molecule has 16 heavy (non-hydrogen) atoms. The van der Waals surface area contributed by atoms with Crippen molar-refractivity contribution < 1.29 is 9.47 Å². The van der Waals surface area contributed by atoms with Gasteiger partial charge in [-0.1, -0.05) is 0 Å². The van der Waals surface area contributed by atoms with Crippen molar-refractivity contribution in [2.24, 2.45) is 5.92 Å². The van der Waals surface area contributed by atoms with Crippen LogP contribution < -0.4 is 10.1 Å². The number of rotatable bonds is 5. The second kappa shape index (κ2) is 5.70. The summed E-state index contributed by atoms with van der Waals surface area (Å²) in [6, 6.07) is 3.78. The molecule has 1 aromatic heterocycles. The number of ether oxygens (including phenoxy) is 2. The molecule has 2 rings (SSSR count). The lowest BCUT2D eigenvalue weighted by atomic mass is 10.1. The van der Waals surface area contributed by atoms with E-state index in [2.05, 4.69) is 10.3 Å². The van der Waals surface area contributed by atoms with Crippen LogP contribution in [0.4, 0.5) is 5.82 Å². The molecule has 0 spiro atoms. The van der Waals surface area contributed by atoms with E-state index < -0.39 is 0 Å². The molecule has 1 saturated heterocycles. The Morgan fingerprint density at radius 1 is 1.62 bits per heavy atom. The van der Waals surface area contributed by atoms with Crippen molar-refractivity contribution in [3.05, 3.63) is 18.3 Å². The van der Waals surface area contributed by atoms with Gasteiger partial charge in [-0.3, -0.25) is 0 Å². The molecule has 2 heterocycles. The average Bonchev–Trinajstić information content (AvgIpc) is 2.83. The van der Waals surface area contributed by atoms with Gasteiger partial charge in [0.25, 0.3) is 0 Å². The smallest absolute Gasteiger partial charge is 0.168 e. The fourth-order valence-corrected chi connectivity index (χ4v) is 1.89. The normalized spacial score (nSPS) is 19.7. The van der Waals surface area contributed by atoms with E-state index in [9.17, 15) is 0 Å². The number of anilines is 1. The van der Waals surface area contributed by atoms with E-state index in [1.165, 1.54) is 6.42 Å². The van der Waals surface area contributed by atoms with Crippen LogP contribution in [0.1, 0.15) is 12.8 Å². The van der Waals surface area contributed by atoms with Crippen LogP contribution in [0.2, 0.25) is 0 Å². The molecule has 0 bridgehead atoms. The molecular weight excluding hydrogens is 204 g/mol. The summed E-state index contributed by atoms with van der Waals surface area (Å²) in [7, 11) is 1.66. The summed E-state index contributed by atoms with van der Waals surface area (Å²) in [6.07, 6.45) is 4.07. The van der Waals surface area contributed by atoms with Crippen molar-refractivity contribution >= 4 is 5.82 Å². The number of hydrogen-bond acceptors (Lipinski definition) is 4. The molecule has 0 aliphatic carbocycles. The Bertz CT molecular complexity index is 325. The van der Waals surface area contributed by atoms with E-state index >= 15 is 0 Å². The zero-order valence-electron chi connectivity index (χ0n) is 9.61. The van der Waals surface area contributed by atoms with Crippen molar-refractivity contribution in [1.82, 2.24) is 4.98 Å². The zero-order chi connectivity index (χ0) is 11.2. The van der Waals surface area contributed by atoms with Crippen LogP contribution in [0.3, 0.4) is 0 Å². The third-order valence-electron chi connectivity index (χ3n) is 2.86. The van der Waals surface area contributed by atoms with Gasteiger partial charge in [-0.25, -0.2) is 4.98 Å². The molecule has 1 N–H and O–H groups in total. The Hall–Kier alpha value is -1.29. The Morgan fingerprint density at radius 2 is 2.56 bits per heavy atom. The van der Waals surface area contributed by atoms with Gasteiger partial charge in [-0.15, -0.1) is 0 Å². The van der Waals surface area contributed by atoms with Gasteiger partial charge in [0.2, 0.25) is 0 Å². The van der Waals surface area contributed by atoms with Crippen LogP contribution in [0.25, 0.3) is 0 Å². The van der Waals surface area contributed by atoms with E-state index in [0.717, 1.165) is 37.7 Å². The summed E-state index contributed by atoms with van der Waals surface area (Å²) < 4.78 is 10.6. The van der Waals surface area contributed by atoms with Crippen molar-refractivity contribution in [3.8, 4) is 5.75 Å². The summed E-state index contributed by atoms with van der Waals surface area (Å²) in [5.41, 5.74) is 0. The van der Waals surface area contributed by atoms with Crippen LogP contribution in [0.15, 0.2) is 18.3 Å². The predicted molar refractivity (Wildman–Crippen MR) is 62.8 cm³/mol. The fourth-order valence-electron chi connectivity index (χ4n) is 1.89. The van der Waals surface area contributed by atoms with Gasteiger partial charge < -0.3 is 14.8 Å². The highest BCUT2D eigenvalue weighted by atomic mass is 16.5. The number of pyridine rings is 1. The number of nitrogens with one attached hydrogen (secondary N) is 1. The lowest BCUT2D eigenvalue weighted by Crippen LogP contribution is -2.10. The van der Waals surface area contributed by atoms with Crippen LogP contribution in [-0.2, 0) is 4.74 Å². The molecule has 0 amide bonds. The molecule has 1 aliphatic rings. The van der Waals surface area contributed by atoms with E-state index in [-0.39, 0.29) is 0 Å². The minimum Gasteiger partial charge on any atom is -0.493 e.